The summed E-state index contributed by atoms with van der Waals surface area (Å²) in [6, 6.07) is 3.55. The van der Waals surface area contributed by atoms with Crippen LogP contribution in [0.25, 0.3) is 0 Å². The molecule has 1 saturated carbocycles. The van der Waals surface area contributed by atoms with Gasteiger partial charge >= 0.3 is 0 Å². The molecule has 0 aliphatic heterocycles. The molecule has 1 heterocycles. The lowest BCUT2D eigenvalue weighted by Gasteiger charge is -2.31. The molecule has 0 spiro atoms. The average molecular weight is 262 g/mol. The van der Waals surface area contributed by atoms with E-state index in [-0.39, 0.29) is 11.4 Å². The van der Waals surface area contributed by atoms with Crippen molar-refractivity contribution in [2.24, 2.45) is 5.92 Å². The van der Waals surface area contributed by atoms with Crippen molar-refractivity contribution in [1.82, 2.24) is 9.88 Å². The molecule has 0 radical (unpaired) electrons. The molecule has 1 aromatic rings. The molecule has 1 fully saturated rings. The van der Waals surface area contributed by atoms with Gasteiger partial charge in [-0.05, 0) is 51.7 Å². The predicted octanol–water partition coefficient (Wildman–Crippen LogP) is 2.74. The van der Waals surface area contributed by atoms with Crippen LogP contribution in [-0.4, -0.2) is 35.0 Å². The van der Waals surface area contributed by atoms with Crippen molar-refractivity contribution in [3.05, 3.63) is 24.0 Å². The highest BCUT2D eigenvalue weighted by Gasteiger charge is 2.24. The summed E-state index contributed by atoms with van der Waals surface area (Å²) in [7, 11) is 1.79. The monoisotopic (exact) mass is 262 g/mol. The molecule has 0 aromatic carbocycles. The molecule has 104 valence electrons. The highest BCUT2D eigenvalue weighted by atomic mass is 16.5. The first-order valence-corrected chi connectivity index (χ1v) is 6.75. The van der Waals surface area contributed by atoms with Gasteiger partial charge in [0.25, 0.3) is 5.91 Å². The van der Waals surface area contributed by atoms with E-state index in [1.165, 1.54) is 12.8 Å². The third kappa shape index (κ3) is 3.69. The van der Waals surface area contributed by atoms with E-state index in [0.717, 1.165) is 12.4 Å². The van der Waals surface area contributed by atoms with E-state index >= 15 is 0 Å². The molecule has 1 aliphatic carbocycles. The zero-order valence-corrected chi connectivity index (χ0v) is 12.1. The molecular formula is C15H22N2O2. The van der Waals surface area contributed by atoms with Gasteiger partial charge in [0, 0.05) is 12.6 Å². The summed E-state index contributed by atoms with van der Waals surface area (Å²) < 4.78 is 5.60. The van der Waals surface area contributed by atoms with Crippen molar-refractivity contribution in [2.45, 2.75) is 39.2 Å². The fraction of sp³-hybridized carbons (Fsp3) is 0.600. The number of rotatable bonds is 4. The zero-order valence-electron chi connectivity index (χ0n) is 12.1. The van der Waals surface area contributed by atoms with E-state index in [2.05, 4.69) is 4.98 Å². The van der Waals surface area contributed by atoms with Crippen molar-refractivity contribution >= 4 is 5.91 Å². The van der Waals surface area contributed by atoms with Crippen LogP contribution in [0.1, 0.15) is 44.1 Å². The van der Waals surface area contributed by atoms with E-state index in [9.17, 15) is 4.79 Å². The summed E-state index contributed by atoms with van der Waals surface area (Å²) in [5.74, 6) is 1.39. The first-order valence-electron chi connectivity index (χ1n) is 6.75. The van der Waals surface area contributed by atoms with Gasteiger partial charge in [0.15, 0.2) is 0 Å². The molecule has 4 nitrogen and oxygen atoms in total. The maximum absolute atomic E-state index is 12.2. The zero-order chi connectivity index (χ0) is 14.0. The van der Waals surface area contributed by atoms with Gasteiger partial charge in [0.2, 0.25) is 0 Å². The van der Waals surface area contributed by atoms with Crippen LogP contribution in [0.2, 0.25) is 0 Å². The number of aromatic nitrogens is 1. The number of ether oxygens (including phenoxy) is 1. The molecule has 1 aromatic heterocycles. The maximum atomic E-state index is 12.2. The second-order valence-corrected chi connectivity index (χ2v) is 6.17. The smallest absolute Gasteiger partial charge is 0.272 e. The number of carbonyl (C=O) groups excluding carboxylic acids is 1. The average Bonchev–Trinajstić information content (AvgIpc) is 3.18. The van der Waals surface area contributed by atoms with E-state index in [1.807, 2.05) is 26.8 Å². The fourth-order valence-corrected chi connectivity index (χ4v) is 1.57. The van der Waals surface area contributed by atoms with E-state index in [4.69, 9.17) is 4.74 Å². The largest absolute Gasteiger partial charge is 0.492 e. The number of hydrogen-bond donors (Lipinski definition) is 0. The molecule has 0 bridgehead atoms. The maximum Gasteiger partial charge on any atom is 0.272 e. The van der Waals surface area contributed by atoms with Crippen LogP contribution in [0, 0.1) is 5.92 Å². The molecule has 1 aliphatic rings. The standard InChI is InChI=1S/C15H22N2O2/c1-15(2,3)17(4)14(18)13-8-7-12(9-16-13)19-10-11-5-6-11/h7-9,11H,5-6,10H2,1-4H3. The molecular weight excluding hydrogens is 240 g/mol. The minimum absolute atomic E-state index is 0.0683. The molecule has 0 N–H and O–H groups in total. The van der Waals surface area contributed by atoms with Crippen LogP contribution < -0.4 is 4.74 Å². The summed E-state index contributed by atoms with van der Waals surface area (Å²) >= 11 is 0. The highest BCUT2D eigenvalue weighted by Crippen LogP contribution is 2.29. The van der Waals surface area contributed by atoms with Crippen molar-refractivity contribution in [1.29, 1.82) is 0 Å². The molecule has 1 amide bonds. The van der Waals surface area contributed by atoms with Crippen LogP contribution in [0.4, 0.5) is 0 Å². The van der Waals surface area contributed by atoms with Gasteiger partial charge in [-0.3, -0.25) is 4.79 Å². The Morgan fingerprint density at radius 1 is 1.42 bits per heavy atom. The SMILES string of the molecule is CN(C(=O)c1ccc(OCC2CC2)cn1)C(C)(C)C. The molecule has 19 heavy (non-hydrogen) atoms. The third-order valence-electron chi connectivity index (χ3n) is 3.45. The third-order valence-corrected chi connectivity index (χ3v) is 3.45. The summed E-state index contributed by atoms with van der Waals surface area (Å²) in [6.07, 6.45) is 4.16. The Morgan fingerprint density at radius 3 is 2.58 bits per heavy atom. The molecule has 4 heteroatoms. The molecule has 0 unspecified atom stereocenters. The normalized spacial score (nSPS) is 15.2. The van der Waals surface area contributed by atoms with Crippen molar-refractivity contribution < 1.29 is 9.53 Å². The minimum Gasteiger partial charge on any atom is -0.492 e. The Bertz CT molecular complexity index is 444. The van der Waals surface area contributed by atoms with Gasteiger partial charge in [0.1, 0.15) is 11.4 Å². The second-order valence-electron chi connectivity index (χ2n) is 6.17. The van der Waals surface area contributed by atoms with Crippen molar-refractivity contribution in [2.75, 3.05) is 13.7 Å². The van der Waals surface area contributed by atoms with Gasteiger partial charge in [-0.2, -0.15) is 0 Å². The van der Waals surface area contributed by atoms with Crippen LogP contribution in [0.15, 0.2) is 18.3 Å². The Morgan fingerprint density at radius 2 is 2.11 bits per heavy atom. The lowest BCUT2D eigenvalue weighted by molar-refractivity contribution is 0.0649. The highest BCUT2D eigenvalue weighted by molar-refractivity contribution is 5.92. The summed E-state index contributed by atoms with van der Waals surface area (Å²) in [5.41, 5.74) is 0.246. The number of carbonyl (C=O) groups is 1. The van der Waals surface area contributed by atoms with Gasteiger partial charge in [-0.15, -0.1) is 0 Å². The van der Waals surface area contributed by atoms with Gasteiger partial charge in [0.05, 0.1) is 12.8 Å². The van der Waals surface area contributed by atoms with Crippen LogP contribution in [0.3, 0.4) is 0 Å². The van der Waals surface area contributed by atoms with Crippen molar-refractivity contribution in [3.63, 3.8) is 0 Å². The predicted molar refractivity (Wildman–Crippen MR) is 74.3 cm³/mol. The Labute approximate surface area is 114 Å². The summed E-state index contributed by atoms with van der Waals surface area (Å²) in [6.45, 7) is 6.75. The van der Waals surface area contributed by atoms with Crippen LogP contribution >= 0.6 is 0 Å². The van der Waals surface area contributed by atoms with Gasteiger partial charge in [-0.1, -0.05) is 0 Å². The molecule has 0 atom stereocenters. The Hall–Kier alpha value is -1.58. The summed E-state index contributed by atoms with van der Waals surface area (Å²) in [4.78, 5) is 18.1. The molecule has 0 saturated heterocycles. The van der Waals surface area contributed by atoms with Crippen molar-refractivity contribution in [3.8, 4) is 5.75 Å². The van der Waals surface area contributed by atoms with E-state index in [0.29, 0.717) is 11.6 Å². The number of pyridine rings is 1. The lowest BCUT2D eigenvalue weighted by Crippen LogP contribution is -2.42. The lowest BCUT2D eigenvalue weighted by atomic mass is 10.1. The fourth-order valence-electron chi connectivity index (χ4n) is 1.57. The van der Waals surface area contributed by atoms with Gasteiger partial charge < -0.3 is 9.64 Å². The van der Waals surface area contributed by atoms with E-state index in [1.54, 1.807) is 24.2 Å². The number of nitrogens with zero attached hydrogens (tertiary/aromatic N) is 2. The van der Waals surface area contributed by atoms with E-state index < -0.39 is 0 Å². The quantitative estimate of drug-likeness (QED) is 0.838. The first kappa shape index (κ1) is 13.8. The van der Waals surface area contributed by atoms with Crippen LogP contribution in [0.5, 0.6) is 5.75 Å². The first-order chi connectivity index (χ1) is 8.88. The second kappa shape index (κ2) is 5.19. The number of hydrogen-bond acceptors (Lipinski definition) is 3. The Balaban J connectivity index is 1.98. The topological polar surface area (TPSA) is 42.4 Å². The summed E-state index contributed by atoms with van der Waals surface area (Å²) in [5, 5.41) is 0. The Kier molecular flexibility index (Phi) is 3.78. The number of amides is 1. The van der Waals surface area contributed by atoms with Gasteiger partial charge in [-0.25, -0.2) is 4.98 Å². The van der Waals surface area contributed by atoms with Crippen LogP contribution in [-0.2, 0) is 0 Å². The minimum atomic E-state index is -0.208. The molecule has 2 rings (SSSR count).